The second-order valence-electron chi connectivity index (χ2n) is 8.85. The summed E-state index contributed by atoms with van der Waals surface area (Å²) in [6.45, 7) is 11.9. The average molecular weight is 450 g/mol. The van der Waals surface area contributed by atoms with Crippen LogP contribution in [-0.2, 0) is 16.1 Å². The molecule has 0 aliphatic carbocycles. The summed E-state index contributed by atoms with van der Waals surface area (Å²) < 4.78 is 5.24. The van der Waals surface area contributed by atoms with Crippen LogP contribution < -0.4 is 5.32 Å². The summed E-state index contributed by atoms with van der Waals surface area (Å²) in [5.41, 5.74) is 4.05. The SMILES string of the molecule is CC(C)OC(=O)c1cccc(-c2nnn(CC(=O)Nc3c(C(C)C)cccc3C(C)C)n2)c1. The summed E-state index contributed by atoms with van der Waals surface area (Å²) >= 11 is 0. The molecule has 8 nitrogen and oxygen atoms in total. The Hall–Kier alpha value is -3.55. The maximum atomic E-state index is 12.8. The third-order valence-electron chi connectivity index (χ3n) is 5.07. The molecule has 0 bridgehead atoms. The summed E-state index contributed by atoms with van der Waals surface area (Å²) in [5, 5.41) is 15.4. The molecule has 2 aromatic carbocycles. The van der Waals surface area contributed by atoms with Crippen LogP contribution in [-0.4, -0.2) is 38.2 Å². The van der Waals surface area contributed by atoms with Crippen molar-refractivity contribution in [3.05, 3.63) is 59.2 Å². The molecule has 1 N–H and O–H groups in total. The minimum Gasteiger partial charge on any atom is -0.459 e. The standard InChI is InChI=1S/C25H31N5O3/c1-15(2)20-11-8-12-21(16(3)4)23(20)26-22(31)14-30-28-24(27-29-30)18-9-7-10-19(13-18)25(32)33-17(5)6/h7-13,15-17H,14H2,1-6H3,(H,26,31). The molecule has 0 atom stereocenters. The fraction of sp³-hybridized carbons (Fsp3) is 0.400. The van der Waals surface area contributed by atoms with Crippen molar-refractivity contribution < 1.29 is 14.3 Å². The van der Waals surface area contributed by atoms with E-state index in [0.717, 1.165) is 16.8 Å². The van der Waals surface area contributed by atoms with E-state index in [1.165, 1.54) is 4.80 Å². The van der Waals surface area contributed by atoms with Gasteiger partial charge in [-0.3, -0.25) is 4.79 Å². The highest BCUT2D eigenvalue weighted by Crippen LogP contribution is 2.32. The molecular formula is C25H31N5O3. The highest BCUT2D eigenvalue weighted by Gasteiger charge is 2.18. The maximum Gasteiger partial charge on any atom is 0.338 e. The van der Waals surface area contributed by atoms with Gasteiger partial charge in [0.1, 0.15) is 6.54 Å². The largest absolute Gasteiger partial charge is 0.459 e. The Morgan fingerprint density at radius 2 is 1.61 bits per heavy atom. The fourth-order valence-corrected chi connectivity index (χ4v) is 3.50. The van der Waals surface area contributed by atoms with Crippen LogP contribution in [0.25, 0.3) is 11.4 Å². The number of ether oxygens (including phenoxy) is 1. The quantitative estimate of drug-likeness (QED) is 0.496. The van der Waals surface area contributed by atoms with Gasteiger partial charge in [0.05, 0.1) is 11.7 Å². The molecule has 0 spiro atoms. The number of rotatable bonds is 8. The van der Waals surface area contributed by atoms with Crippen LogP contribution in [0.3, 0.4) is 0 Å². The van der Waals surface area contributed by atoms with E-state index in [4.69, 9.17) is 4.74 Å². The highest BCUT2D eigenvalue weighted by atomic mass is 16.5. The number of hydrogen-bond donors (Lipinski definition) is 1. The fourth-order valence-electron chi connectivity index (χ4n) is 3.50. The number of hydrogen-bond acceptors (Lipinski definition) is 6. The number of nitrogens with one attached hydrogen (secondary N) is 1. The van der Waals surface area contributed by atoms with Crippen molar-refractivity contribution >= 4 is 17.6 Å². The first-order chi connectivity index (χ1) is 15.7. The number of carbonyl (C=O) groups excluding carboxylic acids is 2. The zero-order valence-electron chi connectivity index (χ0n) is 20.0. The third kappa shape index (κ3) is 6.03. The average Bonchev–Trinajstić information content (AvgIpc) is 3.21. The second kappa shape index (κ2) is 10.4. The number of benzene rings is 2. The zero-order chi connectivity index (χ0) is 24.1. The number of anilines is 1. The number of nitrogens with zero attached hydrogens (tertiary/aromatic N) is 4. The van der Waals surface area contributed by atoms with Gasteiger partial charge < -0.3 is 10.1 Å². The van der Waals surface area contributed by atoms with E-state index in [1.54, 1.807) is 38.1 Å². The van der Waals surface area contributed by atoms with Gasteiger partial charge in [0, 0.05) is 11.3 Å². The van der Waals surface area contributed by atoms with Gasteiger partial charge in [-0.05, 0) is 54.2 Å². The van der Waals surface area contributed by atoms with Crippen LogP contribution in [0.4, 0.5) is 5.69 Å². The smallest absolute Gasteiger partial charge is 0.338 e. The molecule has 1 aromatic heterocycles. The zero-order valence-corrected chi connectivity index (χ0v) is 20.0. The first kappa shape index (κ1) is 24.1. The van der Waals surface area contributed by atoms with E-state index in [0.29, 0.717) is 17.0 Å². The Labute approximate surface area is 194 Å². The number of amides is 1. The number of tetrazole rings is 1. The van der Waals surface area contributed by atoms with Crippen molar-refractivity contribution in [3.8, 4) is 11.4 Å². The molecule has 33 heavy (non-hydrogen) atoms. The number of esters is 1. The van der Waals surface area contributed by atoms with Gasteiger partial charge in [-0.2, -0.15) is 4.80 Å². The van der Waals surface area contributed by atoms with Gasteiger partial charge in [0.25, 0.3) is 0 Å². The van der Waals surface area contributed by atoms with Crippen LogP contribution >= 0.6 is 0 Å². The molecule has 3 rings (SSSR count). The van der Waals surface area contributed by atoms with E-state index in [-0.39, 0.29) is 30.4 Å². The van der Waals surface area contributed by atoms with Crippen molar-refractivity contribution in [3.63, 3.8) is 0 Å². The Kier molecular flexibility index (Phi) is 7.58. The van der Waals surface area contributed by atoms with Gasteiger partial charge in [0.2, 0.25) is 11.7 Å². The van der Waals surface area contributed by atoms with Crippen LogP contribution in [0.15, 0.2) is 42.5 Å². The van der Waals surface area contributed by atoms with Crippen molar-refractivity contribution in [2.24, 2.45) is 0 Å². The second-order valence-corrected chi connectivity index (χ2v) is 8.85. The molecule has 8 heteroatoms. The molecule has 1 amide bonds. The van der Waals surface area contributed by atoms with E-state index in [9.17, 15) is 9.59 Å². The lowest BCUT2D eigenvalue weighted by atomic mass is 9.92. The van der Waals surface area contributed by atoms with Crippen LogP contribution in [0.5, 0.6) is 0 Å². The summed E-state index contributed by atoms with van der Waals surface area (Å²) in [6, 6.07) is 12.9. The minimum atomic E-state index is -0.414. The molecule has 174 valence electrons. The molecule has 0 unspecified atom stereocenters. The van der Waals surface area contributed by atoms with E-state index < -0.39 is 5.97 Å². The number of para-hydroxylation sites is 1. The Balaban J connectivity index is 1.76. The van der Waals surface area contributed by atoms with Gasteiger partial charge >= 0.3 is 5.97 Å². The first-order valence-corrected chi connectivity index (χ1v) is 11.2. The summed E-state index contributed by atoms with van der Waals surface area (Å²) in [7, 11) is 0. The molecule has 3 aromatic rings. The monoisotopic (exact) mass is 449 g/mol. The van der Waals surface area contributed by atoms with Crippen molar-refractivity contribution in [1.29, 1.82) is 0 Å². The molecular weight excluding hydrogens is 418 g/mol. The van der Waals surface area contributed by atoms with E-state index in [2.05, 4.69) is 48.4 Å². The van der Waals surface area contributed by atoms with Gasteiger partial charge in [0.15, 0.2) is 0 Å². The minimum absolute atomic E-state index is 0.0773. The molecule has 0 radical (unpaired) electrons. The molecule has 0 aliphatic rings. The van der Waals surface area contributed by atoms with Gasteiger partial charge in [-0.1, -0.05) is 58.0 Å². The Bertz CT molecular complexity index is 1110. The lowest BCUT2D eigenvalue weighted by Crippen LogP contribution is -2.22. The summed E-state index contributed by atoms with van der Waals surface area (Å²) in [6.07, 6.45) is -0.212. The summed E-state index contributed by atoms with van der Waals surface area (Å²) in [5.74, 6) is 0.216. The third-order valence-corrected chi connectivity index (χ3v) is 5.07. The summed E-state index contributed by atoms with van der Waals surface area (Å²) in [4.78, 5) is 26.2. The van der Waals surface area contributed by atoms with E-state index >= 15 is 0 Å². The Morgan fingerprint density at radius 3 is 2.21 bits per heavy atom. The molecule has 0 saturated heterocycles. The maximum absolute atomic E-state index is 12.8. The lowest BCUT2D eigenvalue weighted by molar-refractivity contribution is -0.117. The van der Waals surface area contributed by atoms with Crippen molar-refractivity contribution in [2.75, 3.05) is 5.32 Å². The highest BCUT2D eigenvalue weighted by molar-refractivity contribution is 5.92. The van der Waals surface area contributed by atoms with Crippen molar-refractivity contribution in [2.45, 2.75) is 66.0 Å². The molecule has 0 saturated carbocycles. The normalized spacial score (nSPS) is 11.3. The van der Waals surface area contributed by atoms with E-state index in [1.807, 2.05) is 18.2 Å². The predicted molar refractivity (Wildman–Crippen MR) is 127 cm³/mol. The van der Waals surface area contributed by atoms with Crippen LogP contribution in [0.2, 0.25) is 0 Å². The van der Waals surface area contributed by atoms with Crippen LogP contribution in [0, 0.1) is 0 Å². The van der Waals surface area contributed by atoms with Gasteiger partial charge in [-0.25, -0.2) is 4.79 Å². The number of carbonyl (C=O) groups is 2. The first-order valence-electron chi connectivity index (χ1n) is 11.2. The van der Waals surface area contributed by atoms with Crippen molar-refractivity contribution in [1.82, 2.24) is 20.2 Å². The lowest BCUT2D eigenvalue weighted by Gasteiger charge is -2.20. The van der Waals surface area contributed by atoms with Gasteiger partial charge in [-0.15, -0.1) is 10.2 Å². The van der Waals surface area contributed by atoms with Crippen LogP contribution in [0.1, 0.15) is 74.9 Å². The molecule has 1 heterocycles. The Morgan fingerprint density at radius 1 is 0.970 bits per heavy atom. The molecule has 0 aliphatic heterocycles. The topological polar surface area (TPSA) is 99.0 Å². The number of aromatic nitrogens is 4. The predicted octanol–water partition coefficient (Wildman–Crippen LogP) is 4.79. The molecule has 0 fully saturated rings.